The van der Waals surface area contributed by atoms with E-state index in [0.29, 0.717) is 6.04 Å². The number of hydrogen-bond donors (Lipinski definition) is 1. The van der Waals surface area contributed by atoms with Gasteiger partial charge < -0.3 is 5.32 Å². The molecule has 0 saturated carbocycles. The van der Waals surface area contributed by atoms with E-state index < -0.39 is 0 Å². The molecule has 0 bridgehead atoms. The average molecular weight is 238 g/mol. The van der Waals surface area contributed by atoms with Crippen LogP contribution in [-0.2, 0) is 0 Å². The molecule has 1 heterocycles. The summed E-state index contributed by atoms with van der Waals surface area (Å²) < 4.78 is 0. The van der Waals surface area contributed by atoms with Crippen LogP contribution in [0, 0.1) is 0 Å². The molecule has 0 amide bonds. The van der Waals surface area contributed by atoms with Gasteiger partial charge in [-0.25, -0.2) is 0 Å². The van der Waals surface area contributed by atoms with Crippen LogP contribution in [-0.4, -0.2) is 0 Å². The molecule has 1 aromatic carbocycles. The van der Waals surface area contributed by atoms with Gasteiger partial charge in [-0.3, -0.25) is 0 Å². The van der Waals surface area contributed by atoms with Gasteiger partial charge in [0.15, 0.2) is 0 Å². The van der Waals surface area contributed by atoms with Gasteiger partial charge in [0.2, 0.25) is 0 Å². The molecule has 0 unspecified atom stereocenters. The predicted molar refractivity (Wildman–Crippen MR) is 67.8 cm³/mol. The van der Waals surface area contributed by atoms with E-state index in [9.17, 15) is 0 Å². The lowest BCUT2D eigenvalue weighted by molar-refractivity contribution is 0.908. The summed E-state index contributed by atoms with van der Waals surface area (Å²) >= 11 is 7.59. The van der Waals surface area contributed by atoms with Crippen LogP contribution in [0.25, 0.3) is 0 Å². The Bertz CT molecular complexity index is 408. The van der Waals surface area contributed by atoms with E-state index in [0.717, 1.165) is 10.7 Å². The molecule has 0 aliphatic rings. The predicted octanol–water partition coefficient (Wildman–Crippen LogP) is 4.57. The minimum absolute atomic E-state index is 0.339. The molecule has 1 aromatic heterocycles. The molecule has 0 aliphatic carbocycles. The molecule has 15 heavy (non-hydrogen) atoms. The summed E-state index contributed by atoms with van der Waals surface area (Å²) in [6.07, 6.45) is 0. The number of nitrogens with one attached hydrogen (secondary N) is 1. The van der Waals surface area contributed by atoms with Crippen molar-refractivity contribution in [1.29, 1.82) is 0 Å². The standard InChI is InChI=1S/C12H12ClNS/c1-9(12-3-2-8-15-12)14-11-6-4-10(13)5-7-11/h2-9,14H,1H3/t9-/m0/s1. The van der Waals surface area contributed by atoms with Gasteiger partial charge in [-0.15, -0.1) is 11.3 Å². The Morgan fingerprint density at radius 3 is 2.53 bits per heavy atom. The molecule has 0 saturated heterocycles. The average Bonchev–Trinajstić information content (AvgIpc) is 2.74. The van der Waals surface area contributed by atoms with E-state index in [1.54, 1.807) is 11.3 Å². The molecule has 2 aromatic rings. The fourth-order valence-corrected chi connectivity index (χ4v) is 2.27. The summed E-state index contributed by atoms with van der Waals surface area (Å²) in [6.45, 7) is 2.15. The smallest absolute Gasteiger partial charge is 0.0578 e. The van der Waals surface area contributed by atoms with Crippen molar-refractivity contribution in [3.63, 3.8) is 0 Å². The van der Waals surface area contributed by atoms with Crippen LogP contribution in [0.2, 0.25) is 5.02 Å². The van der Waals surface area contributed by atoms with Crippen molar-refractivity contribution >= 4 is 28.6 Å². The minimum Gasteiger partial charge on any atom is -0.378 e. The lowest BCUT2D eigenvalue weighted by atomic mass is 10.2. The van der Waals surface area contributed by atoms with Gasteiger partial charge in [0, 0.05) is 15.6 Å². The van der Waals surface area contributed by atoms with Crippen LogP contribution >= 0.6 is 22.9 Å². The van der Waals surface area contributed by atoms with E-state index in [2.05, 4.69) is 29.8 Å². The normalized spacial score (nSPS) is 12.4. The molecule has 0 radical (unpaired) electrons. The highest BCUT2D eigenvalue weighted by Gasteiger charge is 2.05. The maximum atomic E-state index is 5.82. The first-order chi connectivity index (χ1) is 7.25. The van der Waals surface area contributed by atoms with Gasteiger partial charge in [-0.2, -0.15) is 0 Å². The lowest BCUT2D eigenvalue weighted by Gasteiger charge is -2.13. The zero-order chi connectivity index (χ0) is 10.7. The summed E-state index contributed by atoms with van der Waals surface area (Å²) in [5.74, 6) is 0. The number of rotatable bonds is 3. The summed E-state index contributed by atoms with van der Waals surface area (Å²) in [6, 6.07) is 12.3. The Morgan fingerprint density at radius 2 is 1.93 bits per heavy atom. The van der Waals surface area contributed by atoms with E-state index >= 15 is 0 Å². The zero-order valence-corrected chi connectivity index (χ0v) is 9.98. The number of anilines is 1. The number of thiophene rings is 1. The Morgan fingerprint density at radius 1 is 1.20 bits per heavy atom. The molecular weight excluding hydrogens is 226 g/mol. The third-order valence-corrected chi connectivity index (χ3v) is 3.50. The Hall–Kier alpha value is -0.990. The van der Waals surface area contributed by atoms with Gasteiger partial charge in [-0.1, -0.05) is 17.7 Å². The third-order valence-electron chi connectivity index (χ3n) is 2.20. The zero-order valence-electron chi connectivity index (χ0n) is 8.41. The van der Waals surface area contributed by atoms with Crippen LogP contribution in [0.1, 0.15) is 17.8 Å². The molecule has 78 valence electrons. The molecular formula is C12H12ClNS. The molecule has 0 aliphatic heterocycles. The highest BCUT2D eigenvalue weighted by Crippen LogP contribution is 2.23. The van der Waals surface area contributed by atoms with Crippen LogP contribution in [0.15, 0.2) is 41.8 Å². The maximum Gasteiger partial charge on any atom is 0.0578 e. The van der Waals surface area contributed by atoms with E-state index in [-0.39, 0.29) is 0 Å². The molecule has 1 atom stereocenters. The molecule has 0 spiro atoms. The first-order valence-electron chi connectivity index (χ1n) is 4.81. The van der Waals surface area contributed by atoms with Crippen molar-refractivity contribution in [3.05, 3.63) is 51.7 Å². The highest BCUT2D eigenvalue weighted by molar-refractivity contribution is 7.10. The molecule has 3 heteroatoms. The Balaban J connectivity index is 2.06. The van der Waals surface area contributed by atoms with E-state index in [1.807, 2.05) is 24.3 Å². The fourth-order valence-electron chi connectivity index (χ4n) is 1.40. The van der Waals surface area contributed by atoms with Gasteiger partial charge in [0.05, 0.1) is 6.04 Å². The van der Waals surface area contributed by atoms with E-state index in [4.69, 9.17) is 11.6 Å². The second kappa shape index (κ2) is 4.69. The van der Waals surface area contributed by atoms with Crippen molar-refractivity contribution in [2.45, 2.75) is 13.0 Å². The van der Waals surface area contributed by atoms with Crippen LogP contribution < -0.4 is 5.32 Å². The fraction of sp³-hybridized carbons (Fsp3) is 0.167. The van der Waals surface area contributed by atoms with Crippen LogP contribution in [0.5, 0.6) is 0 Å². The molecule has 2 rings (SSSR count). The number of benzene rings is 1. The van der Waals surface area contributed by atoms with Gasteiger partial charge in [0.25, 0.3) is 0 Å². The number of halogens is 1. The Labute approximate surface area is 98.7 Å². The second-order valence-corrected chi connectivity index (χ2v) is 4.80. The monoisotopic (exact) mass is 237 g/mol. The second-order valence-electron chi connectivity index (χ2n) is 3.39. The van der Waals surface area contributed by atoms with Gasteiger partial charge in [-0.05, 0) is 42.6 Å². The van der Waals surface area contributed by atoms with Crippen LogP contribution in [0.3, 0.4) is 0 Å². The summed E-state index contributed by atoms with van der Waals surface area (Å²) in [5.41, 5.74) is 1.10. The highest BCUT2D eigenvalue weighted by atomic mass is 35.5. The largest absolute Gasteiger partial charge is 0.378 e. The van der Waals surface area contributed by atoms with Gasteiger partial charge in [0.1, 0.15) is 0 Å². The molecule has 1 N–H and O–H groups in total. The SMILES string of the molecule is C[C@H](Nc1ccc(Cl)cc1)c1cccs1. The summed E-state index contributed by atoms with van der Waals surface area (Å²) in [7, 11) is 0. The van der Waals surface area contributed by atoms with Gasteiger partial charge >= 0.3 is 0 Å². The van der Waals surface area contributed by atoms with Crippen molar-refractivity contribution < 1.29 is 0 Å². The first-order valence-corrected chi connectivity index (χ1v) is 6.07. The first kappa shape index (κ1) is 10.5. The van der Waals surface area contributed by atoms with Crippen molar-refractivity contribution in [2.75, 3.05) is 5.32 Å². The molecule has 0 fully saturated rings. The maximum absolute atomic E-state index is 5.82. The van der Waals surface area contributed by atoms with Crippen molar-refractivity contribution in [3.8, 4) is 0 Å². The third kappa shape index (κ3) is 2.74. The summed E-state index contributed by atoms with van der Waals surface area (Å²) in [5, 5.41) is 6.28. The van der Waals surface area contributed by atoms with Crippen molar-refractivity contribution in [1.82, 2.24) is 0 Å². The van der Waals surface area contributed by atoms with E-state index in [1.165, 1.54) is 4.88 Å². The van der Waals surface area contributed by atoms with Crippen molar-refractivity contribution in [2.24, 2.45) is 0 Å². The molecule has 1 nitrogen and oxygen atoms in total. The summed E-state index contributed by atoms with van der Waals surface area (Å²) in [4.78, 5) is 1.34. The topological polar surface area (TPSA) is 12.0 Å². The minimum atomic E-state index is 0.339. The Kier molecular flexibility index (Phi) is 3.29. The lowest BCUT2D eigenvalue weighted by Crippen LogP contribution is -2.04. The quantitative estimate of drug-likeness (QED) is 0.824. The van der Waals surface area contributed by atoms with Crippen LogP contribution in [0.4, 0.5) is 5.69 Å². The number of hydrogen-bond acceptors (Lipinski definition) is 2.